The zero-order valence-corrected chi connectivity index (χ0v) is 15.2. The highest BCUT2D eigenvalue weighted by atomic mass is 35.5. The number of phenols is 1. The fraction of sp³-hybridized carbons (Fsp3) is 0.316. The standard InChI is InChI=1S/C19H19ClN4O2/c1-12-8-14(20)10-16(25)18(12)15-9-13-4-7-24(19(13)22-21-15)11-17(26)23-5-2-3-6-23/h4,7-10,25H,2-3,5-6,11H2,1H3. The number of rotatable bonds is 3. The Balaban J connectivity index is 1.66. The van der Waals surface area contributed by atoms with Crippen molar-refractivity contribution in [2.24, 2.45) is 0 Å². The smallest absolute Gasteiger partial charge is 0.242 e. The Hall–Kier alpha value is -2.60. The predicted octanol–water partition coefficient (Wildman–Crippen LogP) is 3.39. The van der Waals surface area contributed by atoms with Gasteiger partial charge >= 0.3 is 0 Å². The molecule has 4 rings (SSSR count). The van der Waals surface area contributed by atoms with Gasteiger partial charge in [-0.15, -0.1) is 10.2 Å². The van der Waals surface area contributed by atoms with Crippen LogP contribution in [0.15, 0.2) is 30.5 Å². The number of benzene rings is 1. The molecule has 1 saturated heterocycles. The van der Waals surface area contributed by atoms with E-state index in [-0.39, 0.29) is 18.2 Å². The molecular formula is C19H19ClN4O2. The maximum Gasteiger partial charge on any atom is 0.242 e. The summed E-state index contributed by atoms with van der Waals surface area (Å²) >= 11 is 5.98. The Kier molecular flexibility index (Phi) is 4.28. The number of amides is 1. The first kappa shape index (κ1) is 16.8. The minimum absolute atomic E-state index is 0.0762. The molecular weight excluding hydrogens is 352 g/mol. The summed E-state index contributed by atoms with van der Waals surface area (Å²) in [5, 5.41) is 20.2. The van der Waals surface area contributed by atoms with Crippen molar-refractivity contribution in [2.45, 2.75) is 26.3 Å². The number of likely N-dealkylation sites (tertiary alicyclic amines) is 1. The Morgan fingerprint density at radius 3 is 2.73 bits per heavy atom. The average molecular weight is 371 g/mol. The van der Waals surface area contributed by atoms with Gasteiger partial charge in [0.25, 0.3) is 0 Å². The number of aromatic hydroxyl groups is 1. The molecule has 1 aliphatic rings. The Bertz CT molecular complexity index is 969. The number of halogens is 1. The summed E-state index contributed by atoms with van der Waals surface area (Å²) < 4.78 is 1.82. The quantitative estimate of drug-likeness (QED) is 0.767. The molecule has 0 saturated carbocycles. The molecule has 0 unspecified atom stereocenters. The number of phenolic OH excluding ortho intramolecular Hbond substituents is 1. The van der Waals surface area contributed by atoms with Crippen LogP contribution in [0.5, 0.6) is 5.75 Å². The number of aromatic nitrogens is 3. The molecule has 0 aliphatic carbocycles. The largest absolute Gasteiger partial charge is 0.507 e. The van der Waals surface area contributed by atoms with Crippen LogP contribution in [0.1, 0.15) is 18.4 Å². The van der Waals surface area contributed by atoms with Crippen LogP contribution in [-0.4, -0.2) is 43.8 Å². The van der Waals surface area contributed by atoms with E-state index < -0.39 is 0 Å². The predicted molar refractivity (Wildman–Crippen MR) is 100 cm³/mol. The van der Waals surface area contributed by atoms with E-state index >= 15 is 0 Å². The van der Waals surface area contributed by atoms with Crippen molar-refractivity contribution in [3.63, 3.8) is 0 Å². The van der Waals surface area contributed by atoms with Crippen LogP contribution < -0.4 is 0 Å². The lowest BCUT2D eigenvalue weighted by Gasteiger charge is -2.15. The van der Waals surface area contributed by atoms with E-state index in [0.717, 1.165) is 36.9 Å². The molecule has 1 N–H and O–H groups in total. The summed E-state index contributed by atoms with van der Waals surface area (Å²) in [7, 11) is 0. The molecule has 1 aromatic carbocycles. The van der Waals surface area contributed by atoms with E-state index in [9.17, 15) is 9.90 Å². The molecule has 0 atom stereocenters. The Morgan fingerprint density at radius 2 is 2.00 bits per heavy atom. The van der Waals surface area contributed by atoms with Crippen LogP contribution >= 0.6 is 11.6 Å². The summed E-state index contributed by atoms with van der Waals surface area (Å²) in [6.07, 6.45) is 4.00. The zero-order valence-electron chi connectivity index (χ0n) is 14.4. The molecule has 3 heterocycles. The molecule has 26 heavy (non-hydrogen) atoms. The summed E-state index contributed by atoms with van der Waals surface area (Å²) in [6, 6.07) is 7.06. The van der Waals surface area contributed by atoms with Gasteiger partial charge in [-0.25, -0.2) is 0 Å². The van der Waals surface area contributed by atoms with Gasteiger partial charge in [0.05, 0.1) is 5.69 Å². The lowest BCUT2D eigenvalue weighted by molar-refractivity contribution is -0.130. The van der Waals surface area contributed by atoms with Gasteiger partial charge in [0.15, 0.2) is 5.65 Å². The van der Waals surface area contributed by atoms with Crippen LogP contribution in [-0.2, 0) is 11.3 Å². The van der Waals surface area contributed by atoms with Gasteiger partial charge in [-0.1, -0.05) is 11.6 Å². The highest BCUT2D eigenvalue weighted by Gasteiger charge is 2.19. The number of fused-ring (bicyclic) bond motifs is 1. The second-order valence-corrected chi connectivity index (χ2v) is 7.09. The molecule has 2 aromatic heterocycles. The Labute approximate surface area is 156 Å². The third-order valence-electron chi connectivity index (χ3n) is 4.81. The molecule has 0 spiro atoms. The lowest BCUT2D eigenvalue weighted by atomic mass is 10.0. The van der Waals surface area contributed by atoms with Gasteiger partial charge in [0.2, 0.25) is 5.91 Å². The van der Waals surface area contributed by atoms with Crippen LogP contribution in [0.25, 0.3) is 22.3 Å². The van der Waals surface area contributed by atoms with Crippen molar-refractivity contribution in [3.05, 3.63) is 41.0 Å². The van der Waals surface area contributed by atoms with Crippen molar-refractivity contribution in [2.75, 3.05) is 13.1 Å². The third kappa shape index (κ3) is 3.01. The van der Waals surface area contributed by atoms with Gasteiger partial charge in [-0.05, 0) is 49.6 Å². The Morgan fingerprint density at radius 1 is 1.23 bits per heavy atom. The summed E-state index contributed by atoms with van der Waals surface area (Å²) in [6.45, 7) is 3.81. The molecule has 1 fully saturated rings. The number of hydrogen-bond acceptors (Lipinski definition) is 4. The number of carbonyl (C=O) groups is 1. The van der Waals surface area contributed by atoms with Crippen molar-refractivity contribution in [1.29, 1.82) is 0 Å². The molecule has 6 nitrogen and oxygen atoms in total. The maximum atomic E-state index is 12.4. The fourth-order valence-electron chi connectivity index (χ4n) is 3.51. The topological polar surface area (TPSA) is 71.2 Å². The van der Waals surface area contributed by atoms with Crippen molar-refractivity contribution in [1.82, 2.24) is 19.7 Å². The zero-order chi connectivity index (χ0) is 18.3. The SMILES string of the molecule is Cc1cc(Cl)cc(O)c1-c1cc2ccn(CC(=O)N3CCCC3)c2nn1. The molecule has 3 aromatic rings. The first-order chi connectivity index (χ1) is 12.5. The third-order valence-corrected chi connectivity index (χ3v) is 5.03. The van der Waals surface area contributed by atoms with E-state index in [2.05, 4.69) is 10.2 Å². The van der Waals surface area contributed by atoms with Gasteiger partial charge in [-0.2, -0.15) is 0 Å². The van der Waals surface area contributed by atoms with E-state index in [1.165, 1.54) is 6.07 Å². The van der Waals surface area contributed by atoms with Gasteiger partial charge in [0.1, 0.15) is 12.3 Å². The molecule has 1 amide bonds. The van der Waals surface area contributed by atoms with Gasteiger partial charge in [-0.3, -0.25) is 4.79 Å². The number of nitrogens with zero attached hydrogens (tertiary/aromatic N) is 4. The molecule has 1 aliphatic heterocycles. The van der Waals surface area contributed by atoms with Crippen LogP contribution in [0.2, 0.25) is 5.02 Å². The summed E-state index contributed by atoms with van der Waals surface area (Å²) in [5.74, 6) is 0.185. The van der Waals surface area contributed by atoms with E-state index in [1.54, 1.807) is 6.07 Å². The van der Waals surface area contributed by atoms with Crippen molar-refractivity contribution < 1.29 is 9.90 Å². The molecule has 7 heteroatoms. The van der Waals surface area contributed by atoms with E-state index in [1.807, 2.05) is 34.7 Å². The highest BCUT2D eigenvalue weighted by molar-refractivity contribution is 6.31. The van der Waals surface area contributed by atoms with Crippen molar-refractivity contribution >= 4 is 28.5 Å². The van der Waals surface area contributed by atoms with Gasteiger partial charge < -0.3 is 14.6 Å². The monoisotopic (exact) mass is 370 g/mol. The number of carbonyl (C=O) groups excluding carboxylic acids is 1. The summed E-state index contributed by atoms with van der Waals surface area (Å²) in [4.78, 5) is 14.3. The van der Waals surface area contributed by atoms with Crippen molar-refractivity contribution in [3.8, 4) is 17.0 Å². The second-order valence-electron chi connectivity index (χ2n) is 6.66. The van der Waals surface area contributed by atoms with Gasteiger partial charge in [0, 0.05) is 35.3 Å². The number of hydrogen-bond donors (Lipinski definition) is 1. The summed E-state index contributed by atoms with van der Waals surface area (Å²) in [5.41, 5.74) is 2.68. The highest BCUT2D eigenvalue weighted by Crippen LogP contribution is 2.34. The molecule has 134 valence electrons. The van der Waals surface area contributed by atoms with Crippen LogP contribution in [0.4, 0.5) is 0 Å². The average Bonchev–Trinajstić information content (AvgIpc) is 3.24. The van der Waals surface area contributed by atoms with E-state index in [4.69, 9.17) is 11.6 Å². The van der Waals surface area contributed by atoms with Crippen LogP contribution in [0.3, 0.4) is 0 Å². The minimum atomic E-state index is 0.0762. The first-order valence-corrected chi connectivity index (χ1v) is 9.00. The minimum Gasteiger partial charge on any atom is -0.507 e. The lowest BCUT2D eigenvalue weighted by Crippen LogP contribution is -2.30. The fourth-order valence-corrected chi connectivity index (χ4v) is 3.77. The van der Waals surface area contributed by atoms with Crippen LogP contribution in [0, 0.1) is 6.92 Å². The molecule has 0 bridgehead atoms. The maximum absolute atomic E-state index is 12.4. The normalized spacial score (nSPS) is 14.3. The van der Waals surface area contributed by atoms with E-state index in [0.29, 0.717) is 21.9 Å². The second kappa shape index (κ2) is 6.61. The molecule has 0 radical (unpaired) electrons. The first-order valence-electron chi connectivity index (χ1n) is 8.63. The number of aryl methyl sites for hydroxylation is 1.